The first kappa shape index (κ1) is 14.7. The first-order valence-corrected chi connectivity index (χ1v) is 6.10. The highest BCUT2D eigenvalue weighted by atomic mass is 19.1. The summed E-state index contributed by atoms with van der Waals surface area (Å²) in [5, 5.41) is 8.63. The smallest absolute Gasteiger partial charge is 0.328 e. The second-order valence-electron chi connectivity index (χ2n) is 4.37. The van der Waals surface area contributed by atoms with Gasteiger partial charge in [-0.3, -0.25) is 0 Å². The maximum absolute atomic E-state index is 13.3. The molecular weight excluding hydrogens is 278 g/mol. The minimum atomic E-state index is -1.16. The summed E-state index contributed by atoms with van der Waals surface area (Å²) in [4.78, 5) is 10.6. The molecule has 2 rings (SSSR count). The number of aryl methyl sites for hydroxylation is 1. The van der Waals surface area contributed by atoms with Crippen LogP contribution in [0.2, 0.25) is 0 Å². The van der Waals surface area contributed by atoms with Gasteiger partial charge in [0.2, 0.25) is 0 Å². The quantitative estimate of drug-likeness (QED) is 0.860. The van der Waals surface area contributed by atoms with E-state index in [1.807, 2.05) is 0 Å². The van der Waals surface area contributed by atoms with E-state index in [-0.39, 0.29) is 17.1 Å². The molecule has 0 saturated carbocycles. The lowest BCUT2D eigenvalue weighted by molar-refractivity contribution is -0.131. The largest absolute Gasteiger partial charge is 0.478 e. The number of hydrogen-bond donors (Lipinski definition) is 1. The van der Waals surface area contributed by atoms with Crippen LogP contribution in [-0.4, -0.2) is 11.1 Å². The maximum Gasteiger partial charge on any atom is 0.328 e. The van der Waals surface area contributed by atoms with Gasteiger partial charge in [-0.15, -0.1) is 0 Å². The maximum atomic E-state index is 13.3. The van der Waals surface area contributed by atoms with Crippen molar-refractivity contribution in [2.24, 2.45) is 0 Å². The van der Waals surface area contributed by atoms with E-state index < -0.39 is 17.6 Å². The van der Waals surface area contributed by atoms with Crippen LogP contribution in [0.25, 0.3) is 6.08 Å². The van der Waals surface area contributed by atoms with Gasteiger partial charge in [0.1, 0.15) is 23.1 Å². The fraction of sp³-hybridized carbons (Fsp3) is 0.0625. The van der Waals surface area contributed by atoms with Crippen LogP contribution in [0.15, 0.2) is 42.5 Å². The molecule has 0 aliphatic heterocycles. The molecular formula is C16H12F2O3. The highest BCUT2D eigenvalue weighted by Crippen LogP contribution is 2.29. The third-order valence-electron chi connectivity index (χ3n) is 2.75. The van der Waals surface area contributed by atoms with E-state index >= 15 is 0 Å². The molecule has 21 heavy (non-hydrogen) atoms. The number of ether oxygens (including phenoxy) is 1. The third-order valence-corrected chi connectivity index (χ3v) is 2.75. The molecule has 0 spiro atoms. The Bertz CT molecular complexity index is 709. The molecule has 2 aromatic rings. The summed E-state index contributed by atoms with van der Waals surface area (Å²) in [6, 6.07) is 7.76. The Hall–Kier alpha value is -2.69. The number of benzene rings is 2. The van der Waals surface area contributed by atoms with Gasteiger partial charge in [-0.1, -0.05) is 6.07 Å². The molecule has 0 fully saturated rings. The fourth-order valence-electron chi connectivity index (χ4n) is 1.71. The first-order chi connectivity index (χ1) is 9.95. The molecule has 0 aromatic heterocycles. The molecule has 0 aliphatic rings. The van der Waals surface area contributed by atoms with Crippen LogP contribution in [-0.2, 0) is 4.79 Å². The van der Waals surface area contributed by atoms with E-state index in [2.05, 4.69) is 0 Å². The normalized spacial score (nSPS) is 10.8. The molecule has 0 aliphatic carbocycles. The predicted octanol–water partition coefficient (Wildman–Crippen LogP) is 4.16. The Morgan fingerprint density at radius 2 is 1.76 bits per heavy atom. The summed E-state index contributed by atoms with van der Waals surface area (Å²) < 4.78 is 32.1. The van der Waals surface area contributed by atoms with Gasteiger partial charge in [0, 0.05) is 17.7 Å². The predicted molar refractivity (Wildman–Crippen MR) is 74.3 cm³/mol. The van der Waals surface area contributed by atoms with Gasteiger partial charge in [0.25, 0.3) is 0 Å². The molecule has 108 valence electrons. The average Bonchev–Trinajstić information content (AvgIpc) is 2.43. The molecule has 5 heteroatoms. The number of rotatable bonds is 4. The number of aliphatic carboxylic acids is 1. The van der Waals surface area contributed by atoms with Gasteiger partial charge in [0.05, 0.1) is 0 Å². The lowest BCUT2D eigenvalue weighted by atomic mass is 10.1. The van der Waals surface area contributed by atoms with E-state index in [1.54, 1.807) is 13.0 Å². The number of carboxylic acids is 1. The standard InChI is InChI=1S/C16H12F2O3/c1-10-2-4-13(18)9-15(10)21-14-6-5-12(17)8-11(14)3-7-16(19)20/h2-9H,1H3,(H,19,20)/b7-3+. The lowest BCUT2D eigenvalue weighted by Crippen LogP contribution is -1.93. The minimum Gasteiger partial charge on any atom is -0.478 e. The Morgan fingerprint density at radius 3 is 2.48 bits per heavy atom. The molecule has 0 saturated heterocycles. The second kappa shape index (κ2) is 6.17. The summed E-state index contributed by atoms with van der Waals surface area (Å²) in [6.07, 6.45) is 2.09. The van der Waals surface area contributed by atoms with Gasteiger partial charge in [0.15, 0.2) is 0 Å². The van der Waals surface area contributed by atoms with Crippen molar-refractivity contribution in [2.75, 3.05) is 0 Å². The van der Waals surface area contributed by atoms with Crippen molar-refractivity contribution < 1.29 is 23.4 Å². The van der Waals surface area contributed by atoms with E-state index in [4.69, 9.17) is 9.84 Å². The van der Waals surface area contributed by atoms with Crippen LogP contribution in [0.4, 0.5) is 8.78 Å². The number of carbonyl (C=O) groups is 1. The Balaban J connectivity index is 2.39. The van der Waals surface area contributed by atoms with Crippen molar-refractivity contribution >= 4 is 12.0 Å². The van der Waals surface area contributed by atoms with Gasteiger partial charge in [-0.2, -0.15) is 0 Å². The summed E-state index contributed by atoms with van der Waals surface area (Å²) in [5.41, 5.74) is 0.954. The van der Waals surface area contributed by atoms with Crippen molar-refractivity contribution in [3.8, 4) is 11.5 Å². The number of halogens is 2. The lowest BCUT2D eigenvalue weighted by Gasteiger charge is -2.11. The third kappa shape index (κ3) is 3.89. The second-order valence-corrected chi connectivity index (χ2v) is 4.37. The van der Waals surface area contributed by atoms with Crippen LogP contribution in [0.1, 0.15) is 11.1 Å². The summed E-state index contributed by atoms with van der Waals surface area (Å²) in [7, 11) is 0. The SMILES string of the molecule is Cc1ccc(F)cc1Oc1ccc(F)cc1/C=C/C(=O)O. The molecule has 1 N–H and O–H groups in total. The van der Waals surface area contributed by atoms with Crippen molar-refractivity contribution in [1.82, 2.24) is 0 Å². The van der Waals surface area contributed by atoms with E-state index in [1.165, 1.54) is 30.3 Å². The van der Waals surface area contributed by atoms with Crippen molar-refractivity contribution in [1.29, 1.82) is 0 Å². The van der Waals surface area contributed by atoms with Gasteiger partial charge >= 0.3 is 5.97 Å². The highest BCUT2D eigenvalue weighted by Gasteiger charge is 2.08. The van der Waals surface area contributed by atoms with E-state index in [0.717, 1.165) is 12.1 Å². The molecule has 0 unspecified atom stereocenters. The zero-order chi connectivity index (χ0) is 15.4. The molecule has 0 amide bonds. The van der Waals surface area contributed by atoms with Crippen LogP contribution < -0.4 is 4.74 Å². The molecule has 2 aromatic carbocycles. The zero-order valence-corrected chi connectivity index (χ0v) is 11.1. The summed E-state index contributed by atoms with van der Waals surface area (Å²) >= 11 is 0. The summed E-state index contributed by atoms with van der Waals surface area (Å²) in [6.45, 7) is 1.74. The van der Waals surface area contributed by atoms with Gasteiger partial charge in [-0.25, -0.2) is 13.6 Å². The minimum absolute atomic E-state index is 0.239. The summed E-state index contributed by atoms with van der Waals surface area (Å²) in [5.74, 6) is -1.62. The molecule has 0 radical (unpaired) electrons. The Morgan fingerprint density at radius 1 is 1.10 bits per heavy atom. The van der Waals surface area contributed by atoms with Crippen molar-refractivity contribution in [2.45, 2.75) is 6.92 Å². The van der Waals surface area contributed by atoms with Crippen LogP contribution in [0.3, 0.4) is 0 Å². The number of hydrogen-bond acceptors (Lipinski definition) is 2. The Kier molecular flexibility index (Phi) is 4.33. The topological polar surface area (TPSA) is 46.5 Å². The van der Waals surface area contributed by atoms with Crippen LogP contribution >= 0.6 is 0 Å². The van der Waals surface area contributed by atoms with Crippen LogP contribution in [0, 0.1) is 18.6 Å². The first-order valence-electron chi connectivity index (χ1n) is 6.10. The highest BCUT2D eigenvalue weighted by molar-refractivity contribution is 5.85. The Labute approximate surface area is 120 Å². The average molecular weight is 290 g/mol. The van der Waals surface area contributed by atoms with Gasteiger partial charge in [-0.05, 0) is 42.8 Å². The zero-order valence-electron chi connectivity index (χ0n) is 11.1. The molecule has 0 bridgehead atoms. The number of carboxylic acid groups (broad SMARTS) is 1. The van der Waals surface area contributed by atoms with Gasteiger partial charge < -0.3 is 9.84 Å². The van der Waals surface area contributed by atoms with Crippen molar-refractivity contribution in [3.63, 3.8) is 0 Å². The molecule has 0 atom stereocenters. The van der Waals surface area contributed by atoms with E-state index in [0.29, 0.717) is 5.56 Å². The fourth-order valence-corrected chi connectivity index (χ4v) is 1.71. The molecule has 3 nitrogen and oxygen atoms in total. The molecule has 0 heterocycles. The van der Waals surface area contributed by atoms with Crippen LogP contribution in [0.5, 0.6) is 11.5 Å². The van der Waals surface area contributed by atoms with E-state index in [9.17, 15) is 13.6 Å². The monoisotopic (exact) mass is 290 g/mol. The van der Waals surface area contributed by atoms with Crippen molar-refractivity contribution in [3.05, 3.63) is 65.2 Å².